The summed E-state index contributed by atoms with van der Waals surface area (Å²) in [6, 6.07) is 7.54. The van der Waals surface area contributed by atoms with E-state index in [9.17, 15) is 9.59 Å². The van der Waals surface area contributed by atoms with Gasteiger partial charge in [0.1, 0.15) is 12.3 Å². The molecule has 0 aromatic heterocycles. The number of aliphatic imine (C=N–C) groups is 1. The number of esters is 1. The van der Waals surface area contributed by atoms with Crippen LogP contribution < -0.4 is 20.7 Å². The Bertz CT molecular complexity index is 700. The number of nitrogens with zero attached hydrogens (tertiary/aromatic N) is 1. The molecule has 8 nitrogen and oxygen atoms in total. The van der Waals surface area contributed by atoms with Gasteiger partial charge in [0.2, 0.25) is 5.91 Å². The minimum absolute atomic E-state index is 0. The van der Waals surface area contributed by atoms with Gasteiger partial charge in [-0.25, -0.2) is 4.99 Å². The van der Waals surface area contributed by atoms with Crippen molar-refractivity contribution in [2.75, 3.05) is 25.5 Å². The van der Waals surface area contributed by atoms with E-state index in [1.165, 1.54) is 7.11 Å². The smallest absolute Gasteiger partial charge is 0.305 e. The Morgan fingerprint density at radius 2 is 1.74 bits per heavy atom. The van der Waals surface area contributed by atoms with Crippen LogP contribution in [0.15, 0.2) is 29.3 Å². The summed E-state index contributed by atoms with van der Waals surface area (Å²) in [5.41, 5.74) is 0.511. The average molecular weight is 548 g/mol. The van der Waals surface area contributed by atoms with Crippen molar-refractivity contribution in [2.24, 2.45) is 4.99 Å². The third-order valence-electron chi connectivity index (χ3n) is 3.71. The maximum atomic E-state index is 12.1. The van der Waals surface area contributed by atoms with Gasteiger partial charge in [-0.3, -0.25) is 9.59 Å². The number of ether oxygens (including phenoxy) is 2. The lowest BCUT2D eigenvalue weighted by Gasteiger charge is -2.20. The molecule has 0 aliphatic rings. The van der Waals surface area contributed by atoms with E-state index in [1.54, 1.807) is 0 Å². The van der Waals surface area contributed by atoms with E-state index >= 15 is 0 Å². The minimum Gasteiger partial charge on any atom is -0.491 e. The molecule has 1 aromatic carbocycles. The molecule has 0 saturated heterocycles. The molecule has 0 saturated carbocycles. The summed E-state index contributed by atoms with van der Waals surface area (Å²) in [4.78, 5) is 27.7. The summed E-state index contributed by atoms with van der Waals surface area (Å²) in [5, 5.41) is 9.29. The largest absolute Gasteiger partial charge is 0.491 e. The molecule has 0 unspecified atom stereocenters. The molecule has 0 fully saturated rings. The van der Waals surface area contributed by atoms with Gasteiger partial charge < -0.3 is 25.4 Å². The molecule has 3 N–H and O–H groups in total. The average Bonchev–Trinajstić information content (AvgIpc) is 2.65. The van der Waals surface area contributed by atoms with Gasteiger partial charge >= 0.3 is 5.97 Å². The number of hydrogen-bond acceptors (Lipinski definition) is 5. The number of hydrogen-bond donors (Lipinski definition) is 3. The zero-order valence-electron chi connectivity index (χ0n) is 19.4. The Balaban J connectivity index is 0.00000900. The van der Waals surface area contributed by atoms with E-state index < -0.39 is 0 Å². The predicted octanol–water partition coefficient (Wildman–Crippen LogP) is 3.71. The number of carbonyl (C=O) groups excluding carboxylic acids is 2. The molecule has 1 aromatic rings. The lowest BCUT2D eigenvalue weighted by molar-refractivity contribution is -0.140. The van der Waals surface area contributed by atoms with E-state index in [0.29, 0.717) is 25.3 Å². The molecular formula is C22H37IN4O4. The van der Waals surface area contributed by atoms with Gasteiger partial charge in [-0.2, -0.15) is 0 Å². The van der Waals surface area contributed by atoms with Crippen LogP contribution in [0.1, 0.15) is 53.9 Å². The molecule has 0 heterocycles. The number of guanidine groups is 1. The highest BCUT2D eigenvalue weighted by molar-refractivity contribution is 14.0. The lowest BCUT2D eigenvalue weighted by Crippen LogP contribution is -2.42. The Hall–Kier alpha value is -2.04. The van der Waals surface area contributed by atoms with Crippen LogP contribution in [-0.4, -0.2) is 49.7 Å². The van der Waals surface area contributed by atoms with Crippen molar-refractivity contribution in [1.29, 1.82) is 0 Å². The van der Waals surface area contributed by atoms with Crippen LogP contribution in [0.3, 0.4) is 0 Å². The first-order chi connectivity index (χ1) is 14.1. The highest BCUT2D eigenvalue weighted by Crippen LogP contribution is 2.16. The lowest BCUT2D eigenvalue weighted by atomic mass is 10.1. The van der Waals surface area contributed by atoms with Gasteiger partial charge in [0, 0.05) is 24.2 Å². The fourth-order valence-corrected chi connectivity index (χ4v) is 2.48. The maximum absolute atomic E-state index is 12.1. The maximum Gasteiger partial charge on any atom is 0.305 e. The molecule has 1 rings (SSSR count). The quantitative estimate of drug-likeness (QED) is 0.136. The van der Waals surface area contributed by atoms with Crippen LogP contribution in [0.4, 0.5) is 5.69 Å². The fourth-order valence-electron chi connectivity index (χ4n) is 2.48. The van der Waals surface area contributed by atoms with Crippen molar-refractivity contribution in [2.45, 2.75) is 65.5 Å². The van der Waals surface area contributed by atoms with Crippen molar-refractivity contribution in [3.8, 4) is 5.75 Å². The Morgan fingerprint density at radius 1 is 1.10 bits per heavy atom. The zero-order valence-corrected chi connectivity index (χ0v) is 21.7. The van der Waals surface area contributed by atoms with Crippen LogP contribution in [0, 0.1) is 0 Å². The van der Waals surface area contributed by atoms with Crippen molar-refractivity contribution in [3.05, 3.63) is 24.3 Å². The van der Waals surface area contributed by atoms with Crippen LogP contribution in [0.25, 0.3) is 0 Å². The first-order valence-electron chi connectivity index (χ1n) is 10.3. The van der Waals surface area contributed by atoms with Crippen molar-refractivity contribution in [3.63, 3.8) is 0 Å². The number of benzene rings is 1. The summed E-state index contributed by atoms with van der Waals surface area (Å²) in [6.07, 6.45) is 1.96. The molecule has 176 valence electrons. The van der Waals surface area contributed by atoms with Crippen molar-refractivity contribution >= 4 is 47.5 Å². The van der Waals surface area contributed by atoms with E-state index in [4.69, 9.17) is 4.74 Å². The first-order valence-corrected chi connectivity index (χ1v) is 10.3. The van der Waals surface area contributed by atoms with Gasteiger partial charge in [0.15, 0.2) is 5.96 Å². The summed E-state index contributed by atoms with van der Waals surface area (Å²) in [6.45, 7) is 10.3. The number of rotatable bonds is 10. The highest BCUT2D eigenvalue weighted by atomic mass is 127. The predicted molar refractivity (Wildman–Crippen MR) is 135 cm³/mol. The molecule has 0 spiro atoms. The van der Waals surface area contributed by atoms with Gasteiger partial charge in [0.05, 0.1) is 13.2 Å². The SMILES string of the molecule is COC(=O)CCCCNC(=NCC(=O)NC(C)(C)C)Nc1ccc(OC(C)C)cc1.I. The number of unbranched alkanes of at least 4 members (excludes halogenated alkanes) is 1. The summed E-state index contributed by atoms with van der Waals surface area (Å²) in [7, 11) is 1.38. The third kappa shape index (κ3) is 14.6. The van der Waals surface area contributed by atoms with Crippen molar-refractivity contribution in [1.82, 2.24) is 10.6 Å². The van der Waals surface area contributed by atoms with Crippen molar-refractivity contribution < 1.29 is 19.1 Å². The summed E-state index contributed by atoms with van der Waals surface area (Å²) < 4.78 is 10.3. The van der Waals surface area contributed by atoms with Gasteiger partial charge in [0.25, 0.3) is 0 Å². The number of anilines is 1. The first kappa shape index (κ1) is 29.0. The van der Waals surface area contributed by atoms with Crippen LogP contribution in [-0.2, 0) is 14.3 Å². The Kier molecular flexibility index (Phi) is 13.9. The Labute approximate surface area is 203 Å². The number of halogens is 1. The number of carbonyl (C=O) groups is 2. The molecule has 0 aliphatic heterocycles. The monoisotopic (exact) mass is 548 g/mol. The van der Waals surface area contributed by atoms with Crippen LogP contribution >= 0.6 is 24.0 Å². The van der Waals surface area contributed by atoms with Gasteiger partial charge in [-0.1, -0.05) is 0 Å². The van der Waals surface area contributed by atoms with Gasteiger partial charge in [-0.15, -0.1) is 24.0 Å². The van der Waals surface area contributed by atoms with Crippen LogP contribution in [0.2, 0.25) is 0 Å². The molecule has 1 amide bonds. The van der Waals surface area contributed by atoms with Gasteiger partial charge in [-0.05, 0) is 71.7 Å². The molecular weight excluding hydrogens is 511 g/mol. The molecule has 0 bridgehead atoms. The highest BCUT2D eigenvalue weighted by Gasteiger charge is 2.13. The molecule has 9 heteroatoms. The summed E-state index contributed by atoms with van der Waals surface area (Å²) >= 11 is 0. The minimum atomic E-state index is -0.312. The number of methoxy groups -OCH3 is 1. The second-order valence-electron chi connectivity index (χ2n) is 8.24. The fraction of sp³-hybridized carbons (Fsp3) is 0.591. The molecule has 0 aliphatic carbocycles. The molecule has 0 atom stereocenters. The number of amides is 1. The molecule has 0 radical (unpaired) electrons. The standard InChI is InChI=1S/C22H36N4O4.HI/c1-16(2)30-18-12-10-17(11-13-18)25-21(23-14-8-7-9-20(28)29-6)24-15-19(27)26-22(3,4)5;/h10-13,16H,7-9,14-15H2,1-6H3,(H,26,27)(H2,23,24,25);1H. The van der Waals surface area contributed by atoms with E-state index in [-0.39, 0.29) is 54.0 Å². The zero-order chi connectivity index (χ0) is 22.6. The van der Waals surface area contributed by atoms with E-state index in [0.717, 1.165) is 17.9 Å². The topological polar surface area (TPSA) is 101 Å². The summed E-state index contributed by atoms with van der Waals surface area (Å²) in [5.74, 6) is 0.906. The number of nitrogens with one attached hydrogen (secondary N) is 3. The second-order valence-corrected chi connectivity index (χ2v) is 8.24. The molecule has 31 heavy (non-hydrogen) atoms. The Morgan fingerprint density at radius 3 is 2.29 bits per heavy atom. The van der Waals surface area contributed by atoms with Crippen LogP contribution in [0.5, 0.6) is 5.75 Å². The van der Waals surface area contributed by atoms with E-state index in [2.05, 4.69) is 25.7 Å². The third-order valence-corrected chi connectivity index (χ3v) is 3.71. The van der Waals surface area contributed by atoms with E-state index in [1.807, 2.05) is 58.9 Å². The second kappa shape index (κ2) is 14.9. The normalized spacial score (nSPS) is 11.4.